The summed E-state index contributed by atoms with van der Waals surface area (Å²) in [6.07, 6.45) is 2.07. The Balaban J connectivity index is 1.35. The number of aryl methyl sites for hydroxylation is 1. The van der Waals surface area contributed by atoms with E-state index < -0.39 is 0 Å². The fourth-order valence-electron chi connectivity index (χ4n) is 3.29. The maximum Gasteiger partial charge on any atom is 0.273 e. The number of hydrogen-bond acceptors (Lipinski definition) is 6. The summed E-state index contributed by atoms with van der Waals surface area (Å²) in [5, 5.41) is 2.72. The van der Waals surface area contributed by atoms with Crippen LogP contribution in [0.1, 0.15) is 49.0 Å². The first kappa shape index (κ1) is 17.6. The lowest BCUT2D eigenvalue weighted by Crippen LogP contribution is -2.50. The Labute approximate surface area is 160 Å². The number of amides is 2. The van der Waals surface area contributed by atoms with E-state index in [1.807, 2.05) is 29.3 Å². The van der Waals surface area contributed by atoms with Crippen LogP contribution < -0.4 is 0 Å². The van der Waals surface area contributed by atoms with Crippen LogP contribution in [0.25, 0.3) is 0 Å². The smallest absolute Gasteiger partial charge is 0.273 e. The van der Waals surface area contributed by atoms with Crippen molar-refractivity contribution < 1.29 is 14.3 Å². The fraction of sp³-hybridized carbons (Fsp3) is 0.500. The van der Waals surface area contributed by atoms with Gasteiger partial charge in [0.15, 0.2) is 0 Å². The third-order valence-electron chi connectivity index (χ3n) is 4.75. The molecule has 2 aromatic rings. The second kappa shape index (κ2) is 7.46. The molecular weight excluding hydrogens is 370 g/mol. The van der Waals surface area contributed by atoms with E-state index in [-0.39, 0.29) is 17.9 Å². The molecule has 0 N–H and O–H groups in total. The maximum absolute atomic E-state index is 12.7. The highest BCUT2D eigenvalue weighted by Crippen LogP contribution is 2.31. The Morgan fingerprint density at radius 2 is 1.88 bits per heavy atom. The first-order valence-electron chi connectivity index (χ1n) is 8.84. The number of rotatable bonds is 3. The van der Waals surface area contributed by atoms with Crippen molar-refractivity contribution in [3.63, 3.8) is 0 Å². The lowest BCUT2D eigenvalue weighted by molar-refractivity contribution is 0.0534. The van der Waals surface area contributed by atoms with Gasteiger partial charge in [-0.15, -0.1) is 22.7 Å². The molecule has 0 bridgehead atoms. The van der Waals surface area contributed by atoms with Crippen molar-refractivity contribution in [3.05, 3.63) is 38.0 Å². The average Bonchev–Trinajstić information content (AvgIpc) is 3.41. The standard InChI is InChI=1S/C18H21N3O3S2/c1-12-4-5-15(26-12)18(23)21-8-6-20(7-9-21)17(22)13-11-25-16(19-13)14-3-2-10-24-14/h4-5,11,14H,2-3,6-10H2,1H3. The second-order valence-electron chi connectivity index (χ2n) is 6.57. The number of piperazine rings is 1. The summed E-state index contributed by atoms with van der Waals surface area (Å²) >= 11 is 3.01. The second-order valence-corrected chi connectivity index (χ2v) is 8.74. The van der Waals surface area contributed by atoms with E-state index in [0.717, 1.165) is 34.2 Å². The number of hydrogen-bond donors (Lipinski definition) is 0. The van der Waals surface area contributed by atoms with Crippen LogP contribution >= 0.6 is 22.7 Å². The molecule has 0 aromatic carbocycles. The summed E-state index contributed by atoms with van der Waals surface area (Å²) in [4.78, 5) is 35.2. The molecule has 2 aliphatic rings. The minimum Gasteiger partial charge on any atom is -0.371 e. The van der Waals surface area contributed by atoms with Crippen molar-refractivity contribution in [2.45, 2.75) is 25.9 Å². The fourth-order valence-corrected chi connectivity index (χ4v) is 5.00. The SMILES string of the molecule is Cc1ccc(C(=O)N2CCN(C(=O)c3csc(C4CCCO4)n3)CC2)s1. The summed E-state index contributed by atoms with van der Waals surface area (Å²) in [6.45, 7) is 4.97. The molecule has 6 nitrogen and oxygen atoms in total. The predicted octanol–water partition coefficient (Wildman–Crippen LogP) is 2.96. The Hall–Kier alpha value is -1.77. The third-order valence-corrected chi connectivity index (χ3v) is 6.68. The Bertz CT molecular complexity index is 802. The molecule has 26 heavy (non-hydrogen) atoms. The molecule has 1 unspecified atom stereocenters. The monoisotopic (exact) mass is 391 g/mol. The van der Waals surface area contributed by atoms with Gasteiger partial charge in [0, 0.05) is 43.0 Å². The lowest BCUT2D eigenvalue weighted by atomic mass is 10.2. The van der Waals surface area contributed by atoms with Crippen LogP contribution in [0.3, 0.4) is 0 Å². The summed E-state index contributed by atoms with van der Waals surface area (Å²) in [5.74, 6) is 0.00842. The topological polar surface area (TPSA) is 62.7 Å². The van der Waals surface area contributed by atoms with E-state index in [0.29, 0.717) is 31.9 Å². The van der Waals surface area contributed by atoms with E-state index in [2.05, 4.69) is 4.98 Å². The van der Waals surface area contributed by atoms with Gasteiger partial charge < -0.3 is 14.5 Å². The number of aromatic nitrogens is 1. The molecule has 0 saturated carbocycles. The van der Waals surface area contributed by atoms with Crippen molar-refractivity contribution in [1.29, 1.82) is 0 Å². The molecule has 2 aromatic heterocycles. The highest BCUT2D eigenvalue weighted by Gasteiger charge is 2.28. The van der Waals surface area contributed by atoms with Gasteiger partial charge in [-0.25, -0.2) is 4.98 Å². The summed E-state index contributed by atoms with van der Waals surface area (Å²) < 4.78 is 5.64. The number of thiazole rings is 1. The number of nitrogens with zero attached hydrogens (tertiary/aromatic N) is 3. The highest BCUT2D eigenvalue weighted by molar-refractivity contribution is 7.13. The zero-order chi connectivity index (χ0) is 18.1. The maximum atomic E-state index is 12.7. The Morgan fingerprint density at radius 3 is 2.50 bits per heavy atom. The number of carbonyl (C=O) groups is 2. The minimum absolute atomic E-state index is 0.0465. The van der Waals surface area contributed by atoms with Crippen molar-refractivity contribution in [1.82, 2.24) is 14.8 Å². The van der Waals surface area contributed by atoms with Crippen molar-refractivity contribution in [2.75, 3.05) is 32.8 Å². The Kier molecular flexibility index (Phi) is 5.06. The molecular formula is C18H21N3O3S2. The molecule has 0 spiro atoms. The molecule has 4 heterocycles. The van der Waals surface area contributed by atoms with Gasteiger partial charge in [0.25, 0.3) is 11.8 Å². The molecule has 4 rings (SSSR count). The zero-order valence-corrected chi connectivity index (χ0v) is 16.3. The van der Waals surface area contributed by atoms with Crippen LogP contribution in [0.5, 0.6) is 0 Å². The van der Waals surface area contributed by atoms with Crippen LogP contribution in [0.2, 0.25) is 0 Å². The average molecular weight is 392 g/mol. The number of carbonyl (C=O) groups excluding carboxylic acids is 2. The summed E-state index contributed by atoms with van der Waals surface area (Å²) in [6, 6.07) is 3.84. The van der Waals surface area contributed by atoms with Gasteiger partial charge >= 0.3 is 0 Å². The summed E-state index contributed by atoms with van der Waals surface area (Å²) in [5.41, 5.74) is 0.495. The van der Waals surface area contributed by atoms with Crippen LogP contribution in [0.15, 0.2) is 17.5 Å². The van der Waals surface area contributed by atoms with Crippen molar-refractivity contribution >= 4 is 34.5 Å². The number of ether oxygens (including phenoxy) is 1. The van der Waals surface area contributed by atoms with Gasteiger partial charge in [-0.05, 0) is 31.9 Å². The van der Waals surface area contributed by atoms with Crippen LogP contribution in [-0.2, 0) is 4.74 Å². The molecule has 1 atom stereocenters. The molecule has 2 aliphatic heterocycles. The highest BCUT2D eigenvalue weighted by atomic mass is 32.1. The van der Waals surface area contributed by atoms with Gasteiger partial charge in [-0.1, -0.05) is 0 Å². The zero-order valence-electron chi connectivity index (χ0n) is 14.6. The van der Waals surface area contributed by atoms with Gasteiger partial charge in [0.05, 0.1) is 4.88 Å². The van der Waals surface area contributed by atoms with E-state index in [1.165, 1.54) is 22.7 Å². The largest absolute Gasteiger partial charge is 0.371 e. The number of thiophene rings is 1. The summed E-state index contributed by atoms with van der Waals surface area (Å²) in [7, 11) is 0. The molecule has 0 radical (unpaired) electrons. The van der Waals surface area contributed by atoms with E-state index in [4.69, 9.17) is 4.74 Å². The Morgan fingerprint density at radius 1 is 1.15 bits per heavy atom. The van der Waals surface area contributed by atoms with E-state index in [9.17, 15) is 9.59 Å². The van der Waals surface area contributed by atoms with Gasteiger partial charge in [0.2, 0.25) is 0 Å². The van der Waals surface area contributed by atoms with Crippen LogP contribution in [-0.4, -0.2) is 59.4 Å². The van der Waals surface area contributed by atoms with E-state index >= 15 is 0 Å². The molecule has 2 fully saturated rings. The minimum atomic E-state index is -0.0513. The van der Waals surface area contributed by atoms with Gasteiger partial charge in [-0.3, -0.25) is 9.59 Å². The molecule has 2 amide bonds. The molecule has 2 saturated heterocycles. The lowest BCUT2D eigenvalue weighted by Gasteiger charge is -2.34. The molecule has 138 valence electrons. The molecule has 0 aliphatic carbocycles. The van der Waals surface area contributed by atoms with Gasteiger partial charge in [0.1, 0.15) is 16.8 Å². The third kappa shape index (κ3) is 3.54. The first-order chi connectivity index (χ1) is 12.6. The van der Waals surface area contributed by atoms with Crippen molar-refractivity contribution in [2.24, 2.45) is 0 Å². The molecule has 8 heteroatoms. The normalized spacial score (nSPS) is 20.6. The first-order valence-corrected chi connectivity index (χ1v) is 10.5. The van der Waals surface area contributed by atoms with Crippen LogP contribution in [0, 0.1) is 6.92 Å². The van der Waals surface area contributed by atoms with Crippen molar-refractivity contribution in [3.8, 4) is 0 Å². The van der Waals surface area contributed by atoms with Crippen LogP contribution in [0.4, 0.5) is 0 Å². The van der Waals surface area contributed by atoms with E-state index in [1.54, 1.807) is 4.90 Å². The quantitative estimate of drug-likeness (QED) is 0.807. The predicted molar refractivity (Wildman–Crippen MR) is 101 cm³/mol. The van der Waals surface area contributed by atoms with Gasteiger partial charge in [-0.2, -0.15) is 0 Å².